The lowest BCUT2D eigenvalue weighted by molar-refractivity contribution is -0.135. The third-order valence-electron chi connectivity index (χ3n) is 12.1. The number of aromatic nitrogens is 1. The summed E-state index contributed by atoms with van der Waals surface area (Å²) in [5.74, 6) is -8.18. The van der Waals surface area contributed by atoms with Gasteiger partial charge in [-0.15, -0.1) is 0 Å². The van der Waals surface area contributed by atoms with E-state index in [4.69, 9.17) is 34.4 Å². The van der Waals surface area contributed by atoms with E-state index in [1.807, 2.05) is 18.2 Å². The third-order valence-corrected chi connectivity index (χ3v) is 12.1. The molecule has 27 heteroatoms. The number of amides is 9. The number of nitrogens with two attached hydrogens (primary N) is 6. The topological polar surface area (TPSA) is 467 Å². The van der Waals surface area contributed by atoms with Crippen molar-refractivity contribution < 1.29 is 48.3 Å². The number of nitrogens with zero attached hydrogens (tertiary/aromatic N) is 2. The van der Waals surface area contributed by atoms with Crippen molar-refractivity contribution in [2.24, 2.45) is 44.4 Å². The van der Waals surface area contributed by atoms with E-state index in [0.29, 0.717) is 11.1 Å². The number of aliphatic hydroxyl groups excluding tert-OH is 1. The summed E-state index contributed by atoms with van der Waals surface area (Å²) in [6.45, 7) is 3.46. The van der Waals surface area contributed by atoms with Crippen molar-refractivity contribution in [1.82, 2.24) is 47.5 Å². The van der Waals surface area contributed by atoms with Crippen LogP contribution >= 0.6 is 0 Å². The number of para-hydroxylation sites is 1. The van der Waals surface area contributed by atoms with Crippen molar-refractivity contribution >= 4 is 76.0 Å². The molecule has 76 heavy (non-hydrogen) atoms. The number of carbonyl (C=O) groups is 9. The molecule has 0 saturated carbocycles. The van der Waals surface area contributed by atoms with E-state index >= 15 is 0 Å². The van der Waals surface area contributed by atoms with Crippen molar-refractivity contribution in [1.29, 1.82) is 0 Å². The molecule has 22 N–H and O–H groups in total. The molecule has 0 aliphatic carbocycles. The molecule has 4 rings (SSSR count). The molecule has 1 aliphatic rings. The molecule has 3 aromatic rings. The molecule has 0 bridgehead atoms. The van der Waals surface area contributed by atoms with Gasteiger partial charge in [-0.2, -0.15) is 0 Å². The fourth-order valence-corrected chi connectivity index (χ4v) is 8.19. The van der Waals surface area contributed by atoms with Crippen LogP contribution in [-0.4, -0.2) is 143 Å². The first-order chi connectivity index (χ1) is 36.2. The quantitative estimate of drug-likeness (QED) is 0.0233. The lowest BCUT2D eigenvalue weighted by Crippen LogP contribution is -2.62. The Labute approximate surface area is 438 Å². The van der Waals surface area contributed by atoms with Gasteiger partial charge in [0.1, 0.15) is 36.4 Å². The highest BCUT2D eigenvalue weighted by Gasteiger charge is 2.35. The zero-order chi connectivity index (χ0) is 55.7. The lowest BCUT2D eigenvalue weighted by atomic mass is 10.0. The van der Waals surface area contributed by atoms with E-state index in [2.05, 4.69) is 64.1 Å². The van der Waals surface area contributed by atoms with Gasteiger partial charge in [0.25, 0.3) is 0 Å². The summed E-state index contributed by atoms with van der Waals surface area (Å²) in [5.41, 5.74) is 35.3. The summed E-state index contributed by atoms with van der Waals surface area (Å²) < 4.78 is 0. The number of primary amides is 2. The predicted molar refractivity (Wildman–Crippen MR) is 281 cm³/mol. The minimum Gasteiger partial charge on any atom is -0.376 e. The number of aliphatic hydroxyl groups is 1. The largest absolute Gasteiger partial charge is 0.376 e. The Morgan fingerprint density at radius 1 is 0.763 bits per heavy atom. The highest BCUT2D eigenvalue weighted by Crippen LogP contribution is 2.20. The summed E-state index contributed by atoms with van der Waals surface area (Å²) in [6, 6.07) is 5.94. The normalized spacial score (nSPS) is 21.9. The predicted octanol–water partition coefficient (Wildman–Crippen LogP) is -4.52. The Balaban J connectivity index is 1.78. The molecule has 1 aromatic heterocycles. The van der Waals surface area contributed by atoms with E-state index < -0.39 is 108 Å². The summed E-state index contributed by atoms with van der Waals surface area (Å²) in [5, 5.41) is 33.9. The van der Waals surface area contributed by atoms with Crippen LogP contribution < -0.4 is 76.9 Å². The summed E-state index contributed by atoms with van der Waals surface area (Å²) in [6.07, 6.45) is -0.619. The van der Waals surface area contributed by atoms with E-state index in [-0.39, 0.29) is 95.8 Å². The molecule has 27 nitrogen and oxygen atoms in total. The SMILES string of the molecule is C=CC(=O)N[C@@H](CCCN=C(N)N)C(=O)N[C@H]1CCCNC(=O)CCC(C(N)=O)NC(=O)[C@H](Cc2c[nH]c3ccccc23)NC(=O)[C@H](CCCN=C(N)N)NC(O)[C@@H](Cc2ccccc2)NC(=O)[C@H](CC(N)=O)NC1=O. The minimum atomic E-state index is -1.78. The highest BCUT2D eigenvalue weighted by atomic mass is 16.3. The maximum Gasteiger partial charge on any atom is 0.244 e. The maximum atomic E-state index is 14.6. The Morgan fingerprint density at radius 3 is 2.08 bits per heavy atom. The van der Waals surface area contributed by atoms with Crippen LogP contribution in [0, 0.1) is 0 Å². The second kappa shape index (κ2) is 30.6. The lowest BCUT2D eigenvalue weighted by Gasteiger charge is -2.31. The average Bonchev–Trinajstić information content (AvgIpc) is 3.78. The molecule has 412 valence electrons. The molecule has 0 radical (unpaired) electrons. The second-order valence-electron chi connectivity index (χ2n) is 18.0. The van der Waals surface area contributed by atoms with Gasteiger partial charge < -0.3 is 81.7 Å². The Bertz CT molecular complexity index is 2570. The monoisotopic (exact) mass is 1060 g/mol. The molecule has 2 aromatic carbocycles. The van der Waals surface area contributed by atoms with Crippen molar-refractivity contribution in [3.63, 3.8) is 0 Å². The summed E-state index contributed by atoms with van der Waals surface area (Å²) in [7, 11) is 0. The molecule has 8 atom stereocenters. The van der Waals surface area contributed by atoms with E-state index in [0.717, 1.165) is 17.0 Å². The molecule has 1 fully saturated rings. The van der Waals surface area contributed by atoms with Crippen molar-refractivity contribution in [3.05, 3.63) is 84.6 Å². The highest BCUT2D eigenvalue weighted by molar-refractivity contribution is 5.97. The van der Waals surface area contributed by atoms with Gasteiger partial charge in [0.15, 0.2) is 11.9 Å². The van der Waals surface area contributed by atoms with Gasteiger partial charge in [-0.3, -0.25) is 58.5 Å². The summed E-state index contributed by atoms with van der Waals surface area (Å²) >= 11 is 0. The van der Waals surface area contributed by atoms with Crippen molar-refractivity contribution in [3.8, 4) is 0 Å². The fraction of sp³-hybridized carbons (Fsp3) is 0.449. The number of hydrogen-bond donors (Lipinski definition) is 16. The number of H-pyrrole nitrogens is 1. The van der Waals surface area contributed by atoms with E-state index in [1.165, 1.54) is 0 Å². The van der Waals surface area contributed by atoms with Crippen LogP contribution in [0.3, 0.4) is 0 Å². The number of fused-ring (bicyclic) bond motifs is 1. The summed E-state index contributed by atoms with van der Waals surface area (Å²) in [4.78, 5) is 133. The fourth-order valence-electron chi connectivity index (χ4n) is 8.19. The first kappa shape index (κ1) is 60.0. The molecule has 1 saturated heterocycles. The third kappa shape index (κ3) is 20.4. The number of rotatable bonds is 19. The molecule has 1 aliphatic heterocycles. The Kier molecular flexibility index (Phi) is 24.1. The van der Waals surface area contributed by atoms with Gasteiger partial charge in [-0.25, -0.2) is 0 Å². The Morgan fingerprint density at radius 2 is 1.41 bits per heavy atom. The van der Waals surface area contributed by atoms with Crippen LogP contribution in [0.4, 0.5) is 0 Å². The molecule has 9 amide bonds. The van der Waals surface area contributed by atoms with Crippen LogP contribution in [0.5, 0.6) is 0 Å². The van der Waals surface area contributed by atoms with Gasteiger partial charge in [-0.05, 0) is 74.6 Å². The number of aromatic amines is 1. The number of nitrogens with one attached hydrogen (secondary N) is 9. The molecule has 2 unspecified atom stereocenters. The Hall–Kier alpha value is -8.59. The van der Waals surface area contributed by atoms with Gasteiger partial charge in [0, 0.05) is 49.6 Å². The smallest absolute Gasteiger partial charge is 0.244 e. The number of aliphatic imine (C=N–C) groups is 2. The number of hydrogen-bond acceptors (Lipinski definition) is 13. The number of guanidine groups is 2. The van der Waals surface area contributed by atoms with Crippen LogP contribution in [0.15, 0.2) is 83.4 Å². The minimum absolute atomic E-state index is 0.00521. The average molecular weight is 1060 g/mol. The molecular formula is C49H71N17O10. The number of carbonyl (C=O) groups excluding carboxylic acids is 9. The zero-order valence-corrected chi connectivity index (χ0v) is 42.1. The van der Waals surface area contributed by atoms with Gasteiger partial charge in [-0.1, -0.05) is 55.1 Å². The molecular weight excluding hydrogens is 987 g/mol. The van der Waals surface area contributed by atoms with Crippen molar-refractivity contribution in [2.45, 2.75) is 119 Å². The maximum absolute atomic E-state index is 14.6. The van der Waals surface area contributed by atoms with E-state index in [9.17, 15) is 48.3 Å². The molecule has 2 heterocycles. The second-order valence-corrected chi connectivity index (χ2v) is 18.0. The van der Waals surface area contributed by atoms with Crippen LogP contribution in [0.2, 0.25) is 0 Å². The standard InChI is InChI=1S/C49H71N17O10/c1-2-39(68)60-32(15-9-21-57-48(52)53)42(71)62-33-16-8-20-56-40(69)19-18-31(41(51)70)61-46(75)36(24-28-26-59-30-14-7-6-13-29(28)30)65-43(72)34(17-10-22-58-49(54)55)63-45(74)35(23-27-11-4-3-5-12-27)64-47(76)37(25-38(50)67)66-44(33)73/h2-7,11-14,26,31-37,45,59,63,74H,1,8-10,15-25H2,(H2,50,67)(H2,51,70)(H,56,69)(H,60,68)(H,61,75)(H,62,71)(H,64,76)(H,65,72)(H,66,73)(H4,52,53,57)(H4,54,55,58)/t31?,32-,33-,34-,35+,36-,37-,45?/m0/s1. The van der Waals surface area contributed by atoms with Crippen LogP contribution in [-0.2, 0) is 56.0 Å². The van der Waals surface area contributed by atoms with Crippen LogP contribution in [0.25, 0.3) is 10.9 Å². The van der Waals surface area contributed by atoms with Gasteiger partial charge >= 0.3 is 0 Å². The molecule has 0 spiro atoms. The van der Waals surface area contributed by atoms with E-state index in [1.54, 1.807) is 42.6 Å². The zero-order valence-electron chi connectivity index (χ0n) is 42.1. The van der Waals surface area contributed by atoms with Crippen molar-refractivity contribution in [2.75, 3.05) is 19.6 Å². The van der Waals surface area contributed by atoms with Gasteiger partial charge in [0.2, 0.25) is 53.2 Å². The first-order valence-corrected chi connectivity index (χ1v) is 24.7. The number of benzene rings is 2. The first-order valence-electron chi connectivity index (χ1n) is 24.7. The van der Waals surface area contributed by atoms with Crippen LogP contribution in [0.1, 0.15) is 68.9 Å². The van der Waals surface area contributed by atoms with Gasteiger partial charge in [0.05, 0.1) is 18.5 Å².